The van der Waals surface area contributed by atoms with Crippen LogP contribution in [0.15, 0.2) is 51.1 Å². The molecule has 0 aliphatic carbocycles. The van der Waals surface area contributed by atoms with E-state index in [0.717, 1.165) is 24.0 Å². The highest BCUT2D eigenvalue weighted by Gasteiger charge is 2.33. The van der Waals surface area contributed by atoms with Crippen LogP contribution in [-0.4, -0.2) is 9.97 Å². The van der Waals surface area contributed by atoms with Gasteiger partial charge in [-0.25, -0.2) is 9.97 Å². The third-order valence-corrected chi connectivity index (χ3v) is 3.58. The molecule has 3 rings (SSSR count). The molecule has 1 aromatic carbocycles. The Morgan fingerprint density at radius 3 is 2.67 bits per heavy atom. The lowest BCUT2D eigenvalue weighted by atomic mass is 10.3. The summed E-state index contributed by atoms with van der Waals surface area (Å²) in [7, 11) is 0. The van der Waals surface area contributed by atoms with Crippen LogP contribution in [0.4, 0.5) is 18.9 Å². The molecule has 0 aliphatic heterocycles. The average Bonchev–Trinajstić information content (AvgIpc) is 2.82. The van der Waals surface area contributed by atoms with Gasteiger partial charge in [0.1, 0.15) is 11.2 Å². The molecule has 4 nitrogen and oxygen atoms in total. The molecule has 0 unspecified atom stereocenters. The van der Waals surface area contributed by atoms with Crippen LogP contribution in [0.3, 0.4) is 0 Å². The number of hydrogen-bond acceptors (Lipinski definition) is 5. The van der Waals surface area contributed by atoms with Crippen molar-refractivity contribution < 1.29 is 17.6 Å². The Balaban J connectivity index is 1.97. The fourth-order valence-electron chi connectivity index (χ4n) is 1.68. The van der Waals surface area contributed by atoms with Gasteiger partial charge in [0.2, 0.25) is 0 Å². The number of fused-ring (bicyclic) bond motifs is 1. The number of rotatable bonds is 2. The molecule has 2 heterocycles. The van der Waals surface area contributed by atoms with Crippen LogP contribution in [-0.2, 0) is 6.18 Å². The molecule has 21 heavy (non-hydrogen) atoms. The summed E-state index contributed by atoms with van der Waals surface area (Å²) in [6.45, 7) is 0. The number of nitrogens with zero attached hydrogens (tertiary/aromatic N) is 2. The van der Waals surface area contributed by atoms with E-state index in [1.165, 1.54) is 0 Å². The Labute approximate surface area is 121 Å². The molecule has 8 heteroatoms. The number of halogens is 3. The topological polar surface area (TPSA) is 64.9 Å². The molecule has 3 aromatic rings. The van der Waals surface area contributed by atoms with Crippen LogP contribution in [0.2, 0.25) is 0 Å². The van der Waals surface area contributed by atoms with E-state index >= 15 is 0 Å². The molecule has 2 aromatic heterocycles. The largest absolute Gasteiger partial charge is 0.433 e. The minimum atomic E-state index is -4.52. The maximum absolute atomic E-state index is 12.7. The first-order valence-electron chi connectivity index (χ1n) is 5.79. The number of para-hydroxylation sites is 2. The summed E-state index contributed by atoms with van der Waals surface area (Å²) in [5.74, 6) is 0. The van der Waals surface area contributed by atoms with Crippen molar-refractivity contribution in [3.8, 4) is 0 Å². The van der Waals surface area contributed by atoms with Crippen molar-refractivity contribution in [3.63, 3.8) is 0 Å². The molecule has 0 aliphatic rings. The van der Waals surface area contributed by atoms with Crippen LogP contribution in [0, 0.1) is 0 Å². The van der Waals surface area contributed by atoms with E-state index in [4.69, 9.17) is 10.2 Å². The Morgan fingerprint density at radius 1 is 1.19 bits per heavy atom. The van der Waals surface area contributed by atoms with Gasteiger partial charge in [-0.05, 0) is 30.0 Å². The maximum atomic E-state index is 12.7. The monoisotopic (exact) mass is 311 g/mol. The fraction of sp³-hybridized carbons (Fsp3) is 0.0769. The minimum absolute atomic E-state index is 0.134. The maximum Gasteiger partial charge on any atom is 0.433 e. The van der Waals surface area contributed by atoms with Crippen LogP contribution >= 0.6 is 11.8 Å². The number of hydrogen-bond donors (Lipinski definition) is 1. The summed E-state index contributed by atoms with van der Waals surface area (Å²) in [4.78, 5) is 7.66. The molecule has 0 atom stereocenters. The number of aromatic nitrogens is 2. The molecule has 0 radical (unpaired) electrons. The van der Waals surface area contributed by atoms with Gasteiger partial charge in [0.05, 0.1) is 11.9 Å². The fourth-order valence-corrected chi connectivity index (χ4v) is 2.48. The number of oxazole rings is 1. The zero-order chi connectivity index (χ0) is 15.0. The molecule has 0 spiro atoms. The summed E-state index contributed by atoms with van der Waals surface area (Å²) in [5.41, 5.74) is 5.97. The highest BCUT2D eigenvalue weighted by molar-refractivity contribution is 7.99. The summed E-state index contributed by atoms with van der Waals surface area (Å²) in [6.07, 6.45) is -3.54. The quantitative estimate of drug-likeness (QED) is 0.775. The van der Waals surface area contributed by atoms with Crippen LogP contribution in [0.5, 0.6) is 0 Å². The third-order valence-electron chi connectivity index (χ3n) is 2.66. The summed E-state index contributed by atoms with van der Waals surface area (Å²) in [6, 6.07) is 7.94. The second-order valence-corrected chi connectivity index (χ2v) is 5.15. The number of nitrogen functional groups attached to an aromatic ring is 1. The van der Waals surface area contributed by atoms with Crippen molar-refractivity contribution in [1.29, 1.82) is 0 Å². The highest BCUT2D eigenvalue weighted by atomic mass is 32.2. The minimum Gasteiger partial charge on any atom is -0.431 e. The highest BCUT2D eigenvalue weighted by Crippen LogP contribution is 2.36. The molecule has 2 N–H and O–H groups in total. The summed E-state index contributed by atoms with van der Waals surface area (Å²) >= 11 is 0.927. The molecule has 0 fully saturated rings. The Hall–Kier alpha value is -2.22. The Bertz CT molecular complexity index is 768. The van der Waals surface area contributed by atoms with Crippen molar-refractivity contribution in [1.82, 2.24) is 9.97 Å². The molecule has 108 valence electrons. The smallest absolute Gasteiger partial charge is 0.431 e. The van der Waals surface area contributed by atoms with Crippen molar-refractivity contribution in [2.75, 3.05) is 5.73 Å². The van der Waals surface area contributed by atoms with Crippen molar-refractivity contribution in [3.05, 3.63) is 42.2 Å². The summed E-state index contributed by atoms with van der Waals surface area (Å²) in [5, 5.41) is 0.224. The molecular weight excluding hydrogens is 303 g/mol. The SMILES string of the molecule is Nc1cnc(C(F)(F)F)cc1Sc1nc2ccccc2o1. The molecule has 0 saturated carbocycles. The lowest BCUT2D eigenvalue weighted by molar-refractivity contribution is -0.141. The Morgan fingerprint density at radius 2 is 1.95 bits per heavy atom. The van der Waals surface area contributed by atoms with E-state index in [1.54, 1.807) is 24.3 Å². The van der Waals surface area contributed by atoms with E-state index in [-0.39, 0.29) is 15.8 Å². The second kappa shape index (κ2) is 4.96. The van der Waals surface area contributed by atoms with Gasteiger partial charge < -0.3 is 10.2 Å². The predicted octanol–water partition coefficient (Wildman–Crippen LogP) is 3.98. The number of benzene rings is 1. The van der Waals surface area contributed by atoms with Crippen molar-refractivity contribution in [2.45, 2.75) is 16.3 Å². The van der Waals surface area contributed by atoms with Crippen LogP contribution in [0.1, 0.15) is 5.69 Å². The number of nitrogens with two attached hydrogens (primary N) is 1. The van der Waals surface area contributed by atoms with E-state index in [2.05, 4.69) is 9.97 Å². The lowest BCUT2D eigenvalue weighted by Gasteiger charge is -2.08. The first-order chi connectivity index (χ1) is 9.93. The number of anilines is 1. The molecule has 0 bridgehead atoms. The van der Waals surface area contributed by atoms with Crippen molar-refractivity contribution >= 4 is 28.5 Å². The number of pyridine rings is 1. The van der Waals surface area contributed by atoms with Gasteiger partial charge >= 0.3 is 6.18 Å². The molecular formula is C13H8F3N3OS. The van der Waals surface area contributed by atoms with Gasteiger partial charge in [0, 0.05) is 4.90 Å². The van der Waals surface area contributed by atoms with Gasteiger partial charge in [-0.2, -0.15) is 13.2 Å². The molecule has 0 amide bonds. The first-order valence-corrected chi connectivity index (χ1v) is 6.61. The van der Waals surface area contributed by atoms with Crippen LogP contribution < -0.4 is 5.73 Å². The van der Waals surface area contributed by atoms with Gasteiger partial charge in [-0.15, -0.1) is 0 Å². The standard InChI is InChI=1S/C13H8F3N3OS/c14-13(15,16)11-5-10(7(17)6-18-11)21-12-19-8-3-1-2-4-9(8)20-12/h1-6H,17H2. The van der Waals surface area contributed by atoms with Gasteiger partial charge in [0.15, 0.2) is 5.58 Å². The summed E-state index contributed by atoms with van der Waals surface area (Å²) < 4.78 is 43.4. The first kappa shape index (κ1) is 13.7. The average molecular weight is 311 g/mol. The Kier molecular flexibility index (Phi) is 3.25. The van der Waals surface area contributed by atoms with Crippen molar-refractivity contribution in [2.24, 2.45) is 0 Å². The van der Waals surface area contributed by atoms with E-state index < -0.39 is 11.9 Å². The van der Waals surface area contributed by atoms with Crippen LogP contribution in [0.25, 0.3) is 11.1 Å². The zero-order valence-corrected chi connectivity index (χ0v) is 11.2. The van der Waals surface area contributed by atoms with E-state index in [0.29, 0.717) is 11.1 Å². The van der Waals surface area contributed by atoms with E-state index in [9.17, 15) is 13.2 Å². The zero-order valence-electron chi connectivity index (χ0n) is 10.4. The normalized spacial score (nSPS) is 12.0. The van der Waals surface area contributed by atoms with E-state index in [1.807, 2.05) is 0 Å². The number of alkyl halides is 3. The van der Waals surface area contributed by atoms with Gasteiger partial charge in [-0.1, -0.05) is 12.1 Å². The lowest BCUT2D eigenvalue weighted by Crippen LogP contribution is -2.08. The predicted molar refractivity (Wildman–Crippen MR) is 71.8 cm³/mol. The second-order valence-electron chi connectivity index (χ2n) is 4.15. The third kappa shape index (κ3) is 2.80. The van der Waals surface area contributed by atoms with Gasteiger partial charge in [-0.3, -0.25) is 0 Å². The van der Waals surface area contributed by atoms with Gasteiger partial charge in [0.25, 0.3) is 5.22 Å². The molecule has 0 saturated heterocycles.